The number of nitrogens with zero attached hydrogens (tertiary/aromatic N) is 1. The standard InChI is InChI=1S/C26H23NO2/c1-3-7-21(14-18(2)17-28)27-25-13-12-19-8-4-5-11-23(19)24(25)16-26(27)20-9-6-10-22(29)15-20/h3-16,28-29H,1,17H2,2H3/b18-14+,21-7+. The second-order valence-electron chi connectivity index (χ2n) is 7.11. The molecule has 0 fully saturated rings. The van der Waals surface area contributed by atoms with Gasteiger partial charge in [0, 0.05) is 16.6 Å². The van der Waals surface area contributed by atoms with Gasteiger partial charge in [-0.15, -0.1) is 0 Å². The lowest BCUT2D eigenvalue weighted by Crippen LogP contribution is -1.99. The molecule has 3 heteroatoms. The Balaban J connectivity index is 2.12. The summed E-state index contributed by atoms with van der Waals surface area (Å²) in [6.45, 7) is 5.75. The summed E-state index contributed by atoms with van der Waals surface area (Å²) in [6, 6.07) is 22.0. The van der Waals surface area contributed by atoms with Crippen molar-refractivity contribution < 1.29 is 10.2 Å². The van der Waals surface area contributed by atoms with E-state index in [0.717, 1.165) is 33.4 Å². The SMILES string of the molecule is C=C/C=C(\C=C(/C)CO)n1c(-c2cccc(O)c2)cc2c3ccccc3ccc21. The predicted octanol–water partition coefficient (Wildman–Crippen LogP) is 6.13. The predicted molar refractivity (Wildman–Crippen MR) is 122 cm³/mol. The average Bonchev–Trinajstić information content (AvgIpc) is 3.13. The molecule has 1 aromatic heterocycles. The first kappa shape index (κ1) is 18.8. The molecule has 0 unspecified atom stereocenters. The first-order valence-corrected chi connectivity index (χ1v) is 9.56. The molecular formula is C26H23NO2. The van der Waals surface area contributed by atoms with E-state index < -0.39 is 0 Å². The lowest BCUT2D eigenvalue weighted by Gasteiger charge is -2.14. The van der Waals surface area contributed by atoms with Gasteiger partial charge < -0.3 is 14.8 Å². The molecule has 0 atom stereocenters. The van der Waals surface area contributed by atoms with E-state index in [0.29, 0.717) is 0 Å². The van der Waals surface area contributed by atoms with Crippen molar-refractivity contribution in [2.24, 2.45) is 0 Å². The van der Waals surface area contributed by atoms with Crippen molar-refractivity contribution in [3.05, 3.63) is 97.1 Å². The van der Waals surface area contributed by atoms with Crippen LogP contribution in [0.5, 0.6) is 5.75 Å². The summed E-state index contributed by atoms with van der Waals surface area (Å²) in [5, 5.41) is 23.1. The molecule has 0 aliphatic carbocycles. The molecule has 4 aromatic rings. The third kappa shape index (κ3) is 3.48. The molecule has 1 heterocycles. The summed E-state index contributed by atoms with van der Waals surface area (Å²) in [5.41, 5.74) is 4.67. The fraction of sp³-hybridized carbons (Fsp3) is 0.0769. The van der Waals surface area contributed by atoms with Gasteiger partial charge in [-0.3, -0.25) is 0 Å². The molecule has 0 amide bonds. The maximum Gasteiger partial charge on any atom is 0.116 e. The minimum Gasteiger partial charge on any atom is -0.508 e. The number of rotatable bonds is 5. The number of benzene rings is 3. The van der Waals surface area contributed by atoms with Crippen LogP contribution in [-0.2, 0) is 0 Å². The maximum atomic E-state index is 10.1. The highest BCUT2D eigenvalue weighted by Crippen LogP contribution is 2.36. The number of hydrogen-bond donors (Lipinski definition) is 2. The van der Waals surface area contributed by atoms with Crippen molar-refractivity contribution in [3.8, 4) is 17.0 Å². The molecule has 0 spiro atoms. The van der Waals surface area contributed by atoms with Crippen LogP contribution < -0.4 is 0 Å². The number of hydrogen-bond acceptors (Lipinski definition) is 2. The highest BCUT2D eigenvalue weighted by molar-refractivity contribution is 6.09. The lowest BCUT2D eigenvalue weighted by atomic mass is 10.1. The van der Waals surface area contributed by atoms with Gasteiger partial charge in [0.1, 0.15) is 5.75 Å². The molecule has 29 heavy (non-hydrogen) atoms. The van der Waals surface area contributed by atoms with Crippen LogP contribution in [0.4, 0.5) is 0 Å². The first-order chi connectivity index (χ1) is 14.1. The summed E-state index contributed by atoms with van der Waals surface area (Å²) < 4.78 is 2.15. The fourth-order valence-electron chi connectivity index (χ4n) is 3.72. The highest BCUT2D eigenvalue weighted by Gasteiger charge is 2.15. The van der Waals surface area contributed by atoms with Gasteiger partial charge in [-0.25, -0.2) is 0 Å². The molecule has 4 rings (SSSR count). The van der Waals surface area contributed by atoms with E-state index in [1.807, 2.05) is 43.3 Å². The monoisotopic (exact) mass is 381 g/mol. The van der Waals surface area contributed by atoms with Gasteiger partial charge in [-0.05, 0) is 59.7 Å². The Morgan fingerprint density at radius 1 is 1.00 bits per heavy atom. The molecule has 2 N–H and O–H groups in total. The Kier molecular flexibility index (Phi) is 5.07. The third-order valence-corrected chi connectivity index (χ3v) is 5.04. The van der Waals surface area contributed by atoms with Crippen LogP contribution in [0.15, 0.2) is 97.1 Å². The van der Waals surface area contributed by atoms with Crippen molar-refractivity contribution in [1.29, 1.82) is 0 Å². The number of fused-ring (bicyclic) bond motifs is 3. The Labute approximate surface area is 170 Å². The minimum absolute atomic E-state index is 0.0158. The Morgan fingerprint density at radius 3 is 2.59 bits per heavy atom. The van der Waals surface area contributed by atoms with Crippen LogP contribution in [-0.4, -0.2) is 21.4 Å². The Morgan fingerprint density at radius 2 is 1.83 bits per heavy atom. The van der Waals surface area contributed by atoms with E-state index >= 15 is 0 Å². The Bertz CT molecular complexity index is 1270. The average molecular weight is 381 g/mol. The lowest BCUT2D eigenvalue weighted by molar-refractivity contribution is 0.331. The number of aromatic nitrogens is 1. The van der Waals surface area contributed by atoms with Gasteiger partial charge in [-0.1, -0.05) is 55.1 Å². The van der Waals surface area contributed by atoms with E-state index in [2.05, 4.69) is 41.5 Å². The number of allylic oxidation sites excluding steroid dienone is 4. The van der Waals surface area contributed by atoms with Gasteiger partial charge in [0.15, 0.2) is 0 Å². The zero-order valence-electron chi connectivity index (χ0n) is 16.3. The van der Waals surface area contributed by atoms with E-state index in [1.54, 1.807) is 18.2 Å². The second-order valence-corrected chi connectivity index (χ2v) is 7.11. The van der Waals surface area contributed by atoms with Gasteiger partial charge in [0.25, 0.3) is 0 Å². The molecule has 0 aliphatic heterocycles. The van der Waals surface area contributed by atoms with Crippen LogP contribution in [0.25, 0.3) is 38.6 Å². The summed E-state index contributed by atoms with van der Waals surface area (Å²) in [7, 11) is 0. The van der Waals surface area contributed by atoms with Crippen molar-refractivity contribution in [2.45, 2.75) is 6.92 Å². The summed E-state index contributed by atoms with van der Waals surface area (Å²) >= 11 is 0. The van der Waals surface area contributed by atoms with E-state index in [9.17, 15) is 10.2 Å². The molecule has 3 nitrogen and oxygen atoms in total. The van der Waals surface area contributed by atoms with Gasteiger partial charge in [0.05, 0.1) is 17.8 Å². The second kappa shape index (κ2) is 7.82. The topological polar surface area (TPSA) is 45.4 Å². The minimum atomic E-state index is -0.0158. The molecular weight excluding hydrogens is 358 g/mol. The smallest absolute Gasteiger partial charge is 0.116 e. The van der Waals surface area contributed by atoms with Crippen LogP contribution in [0.1, 0.15) is 6.92 Å². The largest absolute Gasteiger partial charge is 0.508 e. The molecule has 0 radical (unpaired) electrons. The first-order valence-electron chi connectivity index (χ1n) is 9.56. The van der Waals surface area contributed by atoms with E-state index in [4.69, 9.17) is 0 Å². The van der Waals surface area contributed by atoms with Crippen molar-refractivity contribution >= 4 is 27.4 Å². The highest BCUT2D eigenvalue weighted by atomic mass is 16.3. The normalized spacial score (nSPS) is 12.6. The summed E-state index contributed by atoms with van der Waals surface area (Å²) in [4.78, 5) is 0. The van der Waals surface area contributed by atoms with Crippen LogP contribution >= 0.6 is 0 Å². The Hall–Kier alpha value is -3.56. The number of phenols is 1. The third-order valence-electron chi connectivity index (χ3n) is 5.04. The van der Waals surface area contributed by atoms with E-state index in [1.165, 1.54) is 10.8 Å². The molecule has 144 valence electrons. The number of aromatic hydroxyl groups is 1. The van der Waals surface area contributed by atoms with Crippen molar-refractivity contribution in [3.63, 3.8) is 0 Å². The fourth-order valence-corrected chi connectivity index (χ4v) is 3.72. The quantitative estimate of drug-likeness (QED) is 0.408. The van der Waals surface area contributed by atoms with Crippen molar-refractivity contribution in [2.75, 3.05) is 6.61 Å². The zero-order chi connectivity index (χ0) is 20.4. The zero-order valence-corrected chi connectivity index (χ0v) is 16.3. The molecule has 0 bridgehead atoms. The van der Waals surface area contributed by atoms with Gasteiger partial charge >= 0.3 is 0 Å². The number of aliphatic hydroxyl groups excluding tert-OH is 1. The van der Waals surface area contributed by atoms with E-state index in [-0.39, 0.29) is 12.4 Å². The number of aliphatic hydroxyl groups is 1. The van der Waals surface area contributed by atoms with Crippen LogP contribution in [0.3, 0.4) is 0 Å². The molecule has 0 saturated carbocycles. The molecule has 0 aliphatic rings. The van der Waals surface area contributed by atoms with Gasteiger partial charge in [-0.2, -0.15) is 0 Å². The molecule has 0 saturated heterocycles. The van der Waals surface area contributed by atoms with Crippen LogP contribution in [0.2, 0.25) is 0 Å². The maximum absolute atomic E-state index is 10.1. The number of phenolic OH excluding ortho intramolecular Hbond substituents is 1. The summed E-state index contributed by atoms with van der Waals surface area (Å²) in [6.07, 6.45) is 5.64. The van der Waals surface area contributed by atoms with Crippen molar-refractivity contribution in [1.82, 2.24) is 4.57 Å². The molecule has 3 aromatic carbocycles. The van der Waals surface area contributed by atoms with Gasteiger partial charge in [0.2, 0.25) is 0 Å². The van der Waals surface area contributed by atoms with Crippen LogP contribution in [0, 0.1) is 0 Å². The summed E-state index contributed by atoms with van der Waals surface area (Å²) in [5.74, 6) is 0.223.